The molecule has 2 aliphatic heterocycles. The Bertz CT molecular complexity index is 1080. The fraction of sp³-hybridized carbons (Fsp3) is 0.565. The average Bonchev–Trinajstić information content (AvgIpc) is 3.36. The van der Waals surface area contributed by atoms with Crippen molar-refractivity contribution in [3.63, 3.8) is 0 Å². The number of rotatable bonds is 4. The smallest absolute Gasteiger partial charge is 0.410 e. The van der Waals surface area contributed by atoms with Gasteiger partial charge >= 0.3 is 6.09 Å². The highest BCUT2D eigenvalue weighted by Crippen LogP contribution is 2.37. The molecule has 2 aliphatic rings. The lowest BCUT2D eigenvalue weighted by atomic mass is 10.1. The zero-order valence-electron chi connectivity index (χ0n) is 19.4. The number of hydrogen-bond acceptors (Lipinski definition) is 6. The fourth-order valence-corrected chi connectivity index (χ4v) is 4.58. The fourth-order valence-electron chi connectivity index (χ4n) is 4.58. The normalized spacial score (nSPS) is 20.5. The van der Waals surface area contributed by atoms with Gasteiger partial charge in [0, 0.05) is 44.2 Å². The van der Waals surface area contributed by atoms with Crippen molar-refractivity contribution in [3.05, 3.63) is 40.0 Å². The number of benzene rings is 1. The van der Waals surface area contributed by atoms with Gasteiger partial charge in [-0.25, -0.2) is 9.78 Å². The van der Waals surface area contributed by atoms with E-state index in [1.165, 1.54) is 17.7 Å². The number of non-ortho nitro benzene ring substituents is 1. The number of carbonyl (C=O) groups excluding carboxylic acids is 1. The second kappa shape index (κ2) is 8.11. The Morgan fingerprint density at radius 3 is 2.72 bits per heavy atom. The summed E-state index contributed by atoms with van der Waals surface area (Å²) in [5.74, 6) is 1.16. The highest BCUT2D eigenvalue weighted by molar-refractivity contribution is 5.81. The van der Waals surface area contributed by atoms with E-state index in [0.717, 1.165) is 24.4 Å². The van der Waals surface area contributed by atoms with Crippen LogP contribution in [0.15, 0.2) is 29.8 Å². The summed E-state index contributed by atoms with van der Waals surface area (Å²) < 4.78 is 7.69. The average molecular weight is 442 g/mol. The number of nitro benzene ring substituents is 1. The van der Waals surface area contributed by atoms with Gasteiger partial charge in [0.2, 0.25) is 5.95 Å². The zero-order valence-corrected chi connectivity index (χ0v) is 19.4. The molecule has 9 heteroatoms. The molecule has 2 saturated heterocycles. The number of likely N-dealkylation sites (tertiary alicyclic amines) is 1. The van der Waals surface area contributed by atoms with Crippen LogP contribution in [-0.2, 0) is 11.3 Å². The topological polar surface area (TPSA) is 93.7 Å². The molecule has 2 fully saturated rings. The van der Waals surface area contributed by atoms with Crippen molar-refractivity contribution in [2.75, 3.05) is 24.5 Å². The molecule has 1 aromatic heterocycles. The summed E-state index contributed by atoms with van der Waals surface area (Å²) in [5.41, 5.74) is 2.18. The van der Waals surface area contributed by atoms with Gasteiger partial charge in [0.25, 0.3) is 5.69 Å². The zero-order chi connectivity index (χ0) is 23.2. The van der Waals surface area contributed by atoms with Gasteiger partial charge in [-0.3, -0.25) is 10.1 Å². The van der Waals surface area contributed by atoms with Crippen molar-refractivity contribution >= 4 is 28.8 Å². The third-order valence-electron chi connectivity index (χ3n) is 6.06. The quantitative estimate of drug-likeness (QED) is 0.398. The van der Waals surface area contributed by atoms with E-state index in [9.17, 15) is 14.9 Å². The molecule has 32 heavy (non-hydrogen) atoms. The number of amides is 1. The van der Waals surface area contributed by atoms with Crippen LogP contribution in [0.1, 0.15) is 41.0 Å². The van der Waals surface area contributed by atoms with E-state index in [0.29, 0.717) is 31.1 Å². The van der Waals surface area contributed by atoms with Crippen molar-refractivity contribution in [1.82, 2.24) is 14.5 Å². The SMILES string of the molecule is CC(C)=CCn1c(N2CCC3CN(C(=O)OC(C)(C)C)CC32)nc2cc([N+](=O)[O-])ccc21. The number of imidazole rings is 1. The Hall–Kier alpha value is -3.10. The number of nitrogens with zero attached hydrogens (tertiary/aromatic N) is 5. The molecule has 0 spiro atoms. The van der Waals surface area contributed by atoms with Crippen LogP contribution >= 0.6 is 0 Å². The summed E-state index contributed by atoms with van der Waals surface area (Å²) >= 11 is 0. The first-order chi connectivity index (χ1) is 15.0. The Morgan fingerprint density at radius 1 is 1.31 bits per heavy atom. The number of fused-ring (bicyclic) bond motifs is 2. The van der Waals surface area contributed by atoms with E-state index >= 15 is 0 Å². The maximum Gasteiger partial charge on any atom is 0.410 e. The Kier molecular flexibility index (Phi) is 5.60. The predicted molar refractivity (Wildman–Crippen MR) is 123 cm³/mol. The lowest BCUT2D eigenvalue weighted by Gasteiger charge is -2.28. The van der Waals surface area contributed by atoms with E-state index < -0.39 is 10.5 Å². The largest absolute Gasteiger partial charge is 0.444 e. The molecule has 1 amide bonds. The monoisotopic (exact) mass is 441 g/mol. The van der Waals surface area contributed by atoms with Gasteiger partial charge in [-0.1, -0.05) is 11.6 Å². The maximum atomic E-state index is 12.6. The van der Waals surface area contributed by atoms with Gasteiger partial charge in [0.05, 0.1) is 22.0 Å². The molecule has 1 aromatic carbocycles. The first-order valence-corrected chi connectivity index (χ1v) is 11.1. The van der Waals surface area contributed by atoms with Crippen LogP contribution in [0.25, 0.3) is 11.0 Å². The molecule has 0 aliphatic carbocycles. The molecular formula is C23H31N5O4. The predicted octanol–water partition coefficient (Wildman–Crippen LogP) is 4.36. The minimum absolute atomic E-state index is 0.0344. The van der Waals surface area contributed by atoms with E-state index in [4.69, 9.17) is 9.72 Å². The third kappa shape index (κ3) is 4.28. The molecule has 2 atom stereocenters. The van der Waals surface area contributed by atoms with Crippen LogP contribution in [0.4, 0.5) is 16.4 Å². The van der Waals surface area contributed by atoms with E-state index in [1.807, 2.05) is 34.6 Å². The first-order valence-electron chi connectivity index (χ1n) is 11.1. The van der Waals surface area contributed by atoms with Crippen LogP contribution < -0.4 is 4.90 Å². The number of allylic oxidation sites excluding steroid dienone is 2. The molecule has 4 rings (SSSR count). The number of aromatic nitrogens is 2. The number of anilines is 1. The van der Waals surface area contributed by atoms with E-state index in [2.05, 4.69) is 15.5 Å². The lowest BCUT2D eigenvalue weighted by molar-refractivity contribution is -0.384. The van der Waals surface area contributed by atoms with Crippen molar-refractivity contribution in [1.29, 1.82) is 0 Å². The van der Waals surface area contributed by atoms with Gasteiger partial charge in [0.1, 0.15) is 5.60 Å². The number of ether oxygens (including phenoxy) is 1. The summed E-state index contributed by atoms with van der Waals surface area (Å²) in [4.78, 5) is 32.4. The number of nitro groups is 1. The molecular weight excluding hydrogens is 410 g/mol. The Labute approximate surface area is 187 Å². The summed E-state index contributed by atoms with van der Waals surface area (Å²) in [7, 11) is 0. The van der Waals surface area contributed by atoms with Gasteiger partial charge in [-0.05, 0) is 47.1 Å². The molecule has 2 aromatic rings. The molecule has 0 saturated carbocycles. The lowest BCUT2D eigenvalue weighted by Crippen LogP contribution is -2.40. The second-order valence-corrected chi connectivity index (χ2v) is 9.93. The summed E-state index contributed by atoms with van der Waals surface area (Å²) in [5, 5.41) is 11.3. The molecule has 2 unspecified atom stereocenters. The van der Waals surface area contributed by atoms with Crippen molar-refractivity contribution in [3.8, 4) is 0 Å². The molecule has 172 valence electrons. The highest BCUT2D eigenvalue weighted by Gasteiger charge is 2.45. The Balaban J connectivity index is 1.66. The molecule has 9 nitrogen and oxygen atoms in total. The van der Waals surface area contributed by atoms with Gasteiger partial charge < -0.3 is 19.1 Å². The van der Waals surface area contributed by atoms with Crippen LogP contribution in [0, 0.1) is 16.0 Å². The second-order valence-electron chi connectivity index (χ2n) is 9.93. The van der Waals surface area contributed by atoms with E-state index in [1.54, 1.807) is 11.0 Å². The van der Waals surface area contributed by atoms with Crippen molar-refractivity contribution < 1.29 is 14.5 Å². The van der Waals surface area contributed by atoms with Crippen LogP contribution in [-0.4, -0.2) is 56.7 Å². The first kappa shape index (κ1) is 22.1. The van der Waals surface area contributed by atoms with Gasteiger partial charge in [0.15, 0.2) is 0 Å². The minimum atomic E-state index is -0.526. The van der Waals surface area contributed by atoms with E-state index in [-0.39, 0.29) is 17.8 Å². The van der Waals surface area contributed by atoms with Crippen molar-refractivity contribution in [2.24, 2.45) is 5.92 Å². The van der Waals surface area contributed by atoms with Gasteiger partial charge in [-0.15, -0.1) is 0 Å². The van der Waals surface area contributed by atoms with Crippen LogP contribution in [0.3, 0.4) is 0 Å². The minimum Gasteiger partial charge on any atom is -0.444 e. The molecule has 0 radical (unpaired) electrons. The molecule has 3 heterocycles. The number of carbonyl (C=O) groups is 1. The Morgan fingerprint density at radius 2 is 2.06 bits per heavy atom. The number of hydrogen-bond donors (Lipinski definition) is 0. The third-order valence-corrected chi connectivity index (χ3v) is 6.06. The molecule has 0 bridgehead atoms. The van der Waals surface area contributed by atoms with Crippen LogP contribution in [0.5, 0.6) is 0 Å². The molecule has 0 N–H and O–H groups in total. The summed E-state index contributed by atoms with van der Waals surface area (Å²) in [6.45, 7) is 12.5. The van der Waals surface area contributed by atoms with Crippen LogP contribution in [0.2, 0.25) is 0 Å². The van der Waals surface area contributed by atoms with Gasteiger partial charge in [-0.2, -0.15) is 0 Å². The summed E-state index contributed by atoms with van der Waals surface area (Å²) in [6, 6.07) is 4.99. The van der Waals surface area contributed by atoms with Crippen molar-refractivity contribution in [2.45, 2.75) is 59.2 Å². The highest BCUT2D eigenvalue weighted by atomic mass is 16.6. The summed E-state index contributed by atoms with van der Waals surface area (Å²) in [6.07, 6.45) is 2.82. The standard InChI is InChI=1S/C23H31N5O4/c1-15(2)8-10-26-19-7-6-17(28(30)31)12-18(19)24-21(26)27-11-9-16-13-25(14-20(16)27)22(29)32-23(3,4)5/h6-8,12,16,20H,9-11,13-14H2,1-5H3. The maximum absolute atomic E-state index is 12.6.